The second kappa shape index (κ2) is 5.19. The Morgan fingerprint density at radius 1 is 1.26 bits per heavy atom. The van der Waals surface area contributed by atoms with E-state index in [1.165, 1.54) is 0 Å². The van der Waals surface area contributed by atoms with E-state index >= 15 is 0 Å². The summed E-state index contributed by atoms with van der Waals surface area (Å²) >= 11 is 8.48. The van der Waals surface area contributed by atoms with E-state index in [1.54, 1.807) is 28.3 Å². The molecule has 0 fully saturated rings. The third kappa shape index (κ3) is 2.52. The van der Waals surface area contributed by atoms with E-state index in [-0.39, 0.29) is 5.56 Å². The number of hydrogen-bond donors (Lipinski definition) is 0. The second-order valence-corrected chi connectivity index (χ2v) is 6.80. The average Bonchev–Trinajstić information content (AvgIpc) is 2.78. The molecule has 3 rings (SSSR count). The summed E-state index contributed by atoms with van der Waals surface area (Å²) in [5, 5.41) is 2.63. The zero-order chi connectivity index (χ0) is 13.4. The summed E-state index contributed by atoms with van der Waals surface area (Å²) in [6.45, 7) is 0.538. The van der Waals surface area contributed by atoms with Crippen molar-refractivity contribution in [1.29, 1.82) is 0 Å². The lowest BCUT2D eigenvalue weighted by molar-refractivity contribution is 0.756. The van der Waals surface area contributed by atoms with Gasteiger partial charge in [-0.2, -0.15) is 0 Å². The number of rotatable bonds is 2. The van der Waals surface area contributed by atoms with E-state index < -0.39 is 0 Å². The number of fused-ring (bicyclic) bond motifs is 1. The Bertz CT molecular complexity index is 810. The van der Waals surface area contributed by atoms with E-state index in [9.17, 15) is 4.79 Å². The number of nitrogens with zero attached hydrogens (tertiary/aromatic N) is 2. The summed E-state index contributed by atoms with van der Waals surface area (Å²) in [4.78, 5) is 17.8. The highest BCUT2D eigenvalue weighted by Gasteiger charge is 2.07. The predicted octanol–water partition coefficient (Wildman–Crippen LogP) is 4.03. The van der Waals surface area contributed by atoms with Gasteiger partial charge >= 0.3 is 0 Å². The van der Waals surface area contributed by atoms with E-state index in [1.807, 2.05) is 23.6 Å². The van der Waals surface area contributed by atoms with Crippen LogP contribution in [0.2, 0.25) is 0 Å². The summed E-state index contributed by atoms with van der Waals surface area (Å²) in [5.41, 5.74) is 0.693. The number of thiophene rings is 1. The minimum atomic E-state index is -0.0159. The van der Waals surface area contributed by atoms with Crippen LogP contribution in [-0.2, 0) is 6.54 Å². The van der Waals surface area contributed by atoms with Crippen molar-refractivity contribution in [3.05, 3.63) is 60.1 Å². The normalized spacial score (nSPS) is 11.1. The van der Waals surface area contributed by atoms with Gasteiger partial charge in [0.15, 0.2) is 0 Å². The van der Waals surface area contributed by atoms with Crippen LogP contribution in [0.5, 0.6) is 0 Å². The number of aromatic nitrogens is 2. The standard InChI is InChI=1S/C13H8Br2N2OS/c14-8-1-2-9-11(5-8)16-7-17(13(9)18)6-12-10(15)3-4-19-12/h1-5,7H,6H2. The molecule has 0 N–H and O–H groups in total. The SMILES string of the molecule is O=c1c2ccc(Br)cc2ncn1Cc1sccc1Br. The molecule has 0 amide bonds. The fourth-order valence-electron chi connectivity index (χ4n) is 1.84. The highest BCUT2D eigenvalue weighted by Crippen LogP contribution is 2.23. The Morgan fingerprint density at radius 2 is 2.11 bits per heavy atom. The van der Waals surface area contributed by atoms with E-state index in [0.29, 0.717) is 17.4 Å². The molecule has 0 spiro atoms. The van der Waals surface area contributed by atoms with Crippen molar-refractivity contribution in [2.24, 2.45) is 0 Å². The molecule has 0 aliphatic heterocycles. The lowest BCUT2D eigenvalue weighted by Crippen LogP contribution is -2.20. The molecule has 96 valence electrons. The maximum atomic E-state index is 12.4. The first-order chi connectivity index (χ1) is 9.15. The van der Waals surface area contributed by atoms with Crippen molar-refractivity contribution < 1.29 is 0 Å². The van der Waals surface area contributed by atoms with Gasteiger partial charge in [-0.05, 0) is 45.6 Å². The van der Waals surface area contributed by atoms with Gasteiger partial charge < -0.3 is 0 Å². The molecular formula is C13H8Br2N2OS. The van der Waals surface area contributed by atoms with E-state index in [0.717, 1.165) is 13.8 Å². The minimum absolute atomic E-state index is 0.0159. The Balaban J connectivity index is 2.11. The predicted molar refractivity (Wildman–Crippen MR) is 84.8 cm³/mol. The number of hydrogen-bond acceptors (Lipinski definition) is 3. The molecular weight excluding hydrogens is 392 g/mol. The summed E-state index contributed by atoms with van der Waals surface area (Å²) in [7, 11) is 0. The molecule has 1 aromatic carbocycles. The zero-order valence-electron chi connectivity index (χ0n) is 9.64. The van der Waals surface area contributed by atoms with Crippen LogP contribution < -0.4 is 5.56 Å². The van der Waals surface area contributed by atoms with Crippen LogP contribution >= 0.6 is 43.2 Å². The van der Waals surface area contributed by atoms with Crippen molar-refractivity contribution in [2.45, 2.75) is 6.54 Å². The first-order valence-electron chi connectivity index (χ1n) is 5.52. The van der Waals surface area contributed by atoms with Crippen molar-refractivity contribution in [1.82, 2.24) is 9.55 Å². The van der Waals surface area contributed by atoms with Crippen LogP contribution in [0.3, 0.4) is 0 Å². The van der Waals surface area contributed by atoms with Gasteiger partial charge in [-0.25, -0.2) is 4.98 Å². The van der Waals surface area contributed by atoms with Gasteiger partial charge in [0.1, 0.15) is 0 Å². The van der Waals surface area contributed by atoms with Gasteiger partial charge in [-0.3, -0.25) is 9.36 Å². The molecule has 3 nitrogen and oxygen atoms in total. The fraction of sp³-hybridized carbons (Fsp3) is 0.0769. The summed E-state index contributed by atoms with van der Waals surface area (Å²) < 4.78 is 3.58. The Kier molecular flexibility index (Phi) is 3.56. The lowest BCUT2D eigenvalue weighted by Gasteiger charge is -2.06. The fourth-order valence-corrected chi connectivity index (χ4v) is 3.66. The van der Waals surface area contributed by atoms with Crippen molar-refractivity contribution in [2.75, 3.05) is 0 Å². The summed E-state index contributed by atoms with van der Waals surface area (Å²) in [5.74, 6) is 0. The monoisotopic (exact) mass is 398 g/mol. The molecule has 2 aromatic heterocycles. The molecule has 19 heavy (non-hydrogen) atoms. The smallest absolute Gasteiger partial charge is 0.261 e. The first-order valence-corrected chi connectivity index (χ1v) is 7.98. The quantitative estimate of drug-likeness (QED) is 0.651. The van der Waals surface area contributed by atoms with Crippen LogP contribution in [0.25, 0.3) is 10.9 Å². The maximum Gasteiger partial charge on any atom is 0.261 e. The van der Waals surface area contributed by atoms with Gasteiger partial charge in [-0.1, -0.05) is 15.9 Å². The molecule has 0 atom stereocenters. The minimum Gasteiger partial charge on any atom is -0.293 e. The van der Waals surface area contributed by atoms with Crippen molar-refractivity contribution in [3.63, 3.8) is 0 Å². The number of benzene rings is 1. The van der Waals surface area contributed by atoms with Crippen molar-refractivity contribution in [3.8, 4) is 0 Å². The molecule has 0 radical (unpaired) electrons. The molecule has 0 bridgehead atoms. The molecule has 6 heteroatoms. The van der Waals surface area contributed by atoms with Crippen LogP contribution in [-0.4, -0.2) is 9.55 Å². The third-order valence-corrected chi connectivity index (χ3v) is 5.20. The van der Waals surface area contributed by atoms with Crippen LogP contribution in [0.1, 0.15) is 4.88 Å². The van der Waals surface area contributed by atoms with Gasteiger partial charge in [0.05, 0.1) is 23.8 Å². The Hall–Kier alpha value is -0.980. The molecule has 0 aliphatic carbocycles. The largest absolute Gasteiger partial charge is 0.293 e. The first kappa shape index (κ1) is 13.0. The van der Waals surface area contributed by atoms with Gasteiger partial charge in [-0.15, -0.1) is 11.3 Å². The topological polar surface area (TPSA) is 34.9 Å². The lowest BCUT2D eigenvalue weighted by atomic mass is 10.2. The molecule has 3 aromatic rings. The van der Waals surface area contributed by atoms with Crippen LogP contribution in [0.15, 0.2) is 49.7 Å². The molecule has 0 aliphatic rings. The van der Waals surface area contributed by atoms with Crippen LogP contribution in [0.4, 0.5) is 0 Å². The zero-order valence-corrected chi connectivity index (χ0v) is 13.6. The molecule has 0 saturated heterocycles. The van der Waals surface area contributed by atoms with Gasteiger partial charge in [0.25, 0.3) is 5.56 Å². The van der Waals surface area contributed by atoms with E-state index in [2.05, 4.69) is 36.8 Å². The summed E-state index contributed by atoms with van der Waals surface area (Å²) in [6, 6.07) is 7.49. The van der Waals surface area contributed by atoms with Crippen LogP contribution in [0, 0.1) is 0 Å². The summed E-state index contributed by atoms with van der Waals surface area (Å²) in [6.07, 6.45) is 1.60. The molecule has 2 heterocycles. The Morgan fingerprint density at radius 3 is 2.84 bits per heavy atom. The second-order valence-electron chi connectivity index (χ2n) is 4.03. The highest BCUT2D eigenvalue weighted by molar-refractivity contribution is 9.10. The third-order valence-electron chi connectivity index (χ3n) is 2.79. The maximum absolute atomic E-state index is 12.4. The molecule has 0 unspecified atom stereocenters. The highest BCUT2D eigenvalue weighted by atomic mass is 79.9. The molecule has 0 saturated carbocycles. The average molecular weight is 400 g/mol. The van der Waals surface area contributed by atoms with E-state index in [4.69, 9.17) is 0 Å². The van der Waals surface area contributed by atoms with Gasteiger partial charge in [0.2, 0.25) is 0 Å². The van der Waals surface area contributed by atoms with Crippen molar-refractivity contribution >= 4 is 54.1 Å². The van der Waals surface area contributed by atoms with Gasteiger partial charge in [0, 0.05) is 13.8 Å². The Labute approximate surface area is 130 Å². The number of halogens is 2.